The van der Waals surface area contributed by atoms with Crippen molar-refractivity contribution in [1.29, 1.82) is 0 Å². The highest BCUT2D eigenvalue weighted by atomic mass is 15.5. The van der Waals surface area contributed by atoms with Crippen LogP contribution in [0.3, 0.4) is 0 Å². The summed E-state index contributed by atoms with van der Waals surface area (Å²) in [6.45, 7) is 2.06. The molecule has 0 aliphatic rings. The lowest BCUT2D eigenvalue weighted by Gasteiger charge is -2.09. The number of nitrogens with zero attached hydrogens (tertiary/aromatic N) is 4. The summed E-state index contributed by atoms with van der Waals surface area (Å²) in [5, 5.41) is 13.2. The molecule has 0 spiro atoms. The largest absolute Gasteiger partial charge is 0.276 e. The molecule has 0 bridgehead atoms. The minimum atomic E-state index is 0.692. The van der Waals surface area contributed by atoms with Crippen molar-refractivity contribution in [3.8, 4) is 0 Å². The van der Waals surface area contributed by atoms with Gasteiger partial charge in [-0.25, -0.2) is 0 Å². The van der Waals surface area contributed by atoms with Crippen molar-refractivity contribution in [2.45, 2.75) is 6.92 Å². The van der Waals surface area contributed by atoms with Gasteiger partial charge in [-0.15, -0.1) is 5.10 Å². The molecule has 25 heavy (non-hydrogen) atoms. The van der Waals surface area contributed by atoms with Gasteiger partial charge in [-0.05, 0) is 31.2 Å². The average molecular weight is 327 g/mol. The number of aryl methyl sites for hydroxylation is 1. The SMILES string of the molecule is Cc1ccc(/C(=N/Nc2ccccc2)n2nnc3ccccc32)cc1. The van der Waals surface area contributed by atoms with E-state index in [0.29, 0.717) is 5.84 Å². The Morgan fingerprint density at radius 3 is 2.40 bits per heavy atom. The molecule has 4 aromatic rings. The summed E-state index contributed by atoms with van der Waals surface area (Å²) in [6.07, 6.45) is 0. The maximum atomic E-state index is 4.61. The second kappa shape index (κ2) is 6.57. The molecule has 1 heterocycles. The third kappa shape index (κ3) is 3.12. The number of hydrogen-bond donors (Lipinski definition) is 1. The van der Waals surface area contributed by atoms with Gasteiger partial charge in [0.05, 0.1) is 11.2 Å². The van der Waals surface area contributed by atoms with E-state index in [0.717, 1.165) is 22.3 Å². The fourth-order valence-electron chi connectivity index (χ4n) is 2.59. The molecule has 0 aliphatic heterocycles. The van der Waals surface area contributed by atoms with E-state index >= 15 is 0 Å². The molecule has 3 aromatic carbocycles. The Morgan fingerprint density at radius 1 is 0.880 bits per heavy atom. The molecule has 0 radical (unpaired) electrons. The number of fused-ring (bicyclic) bond motifs is 1. The summed E-state index contributed by atoms with van der Waals surface area (Å²) in [4.78, 5) is 0. The number of hydrogen-bond acceptors (Lipinski definition) is 4. The lowest BCUT2D eigenvalue weighted by molar-refractivity contribution is 0.859. The van der Waals surface area contributed by atoms with Gasteiger partial charge in [-0.2, -0.15) is 9.78 Å². The first-order chi connectivity index (χ1) is 12.3. The predicted molar refractivity (Wildman–Crippen MR) is 101 cm³/mol. The maximum absolute atomic E-state index is 4.61. The monoisotopic (exact) mass is 327 g/mol. The maximum Gasteiger partial charge on any atom is 0.182 e. The summed E-state index contributed by atoms with van der Waals surface area (Å²) in [7, 11) is 0. The van der Waals surface area contributed by atoms with E-state index in [1.54, 1.807) is 4.68 Å². The fourth-order valence-corrected chi connectivity index (χ4v) is 2.59. The van der Waals surface area contributed by atoms with Crippen LogP contribution in [0.5, 0.6) is 0 Å². The zero-order valence-electron chi connectivity index (χ0n) is 13.8. The minimum absolute atomic E-state index is 0.692. The van der Waals surface area contributed by atoms with Crippen molar-refractivity contribution in [3.05, 3.63) is 90.0 Å². The lowest BCUT2D eigenvalue weighted by Crippen LogP contribution is -2.17. The van der Waals surface area contributed by atoms with Crippen LogP contribution in [0.2, 0.25) is 0 Å². The van der Waals surface area contributed by atoms with Crippen LogP contribution in [0.15, 0.2) is 84.0 Å². The molecular weight excluding hydrogens is 310 g/mol. The standard InChI is InChI=1S/C20H17N5/c1-15-11-13-16(14-12-15)20(23-21-17-7-3-2-4-8-17)25-19-10-6-5-9-18(19)22-24-25/h2-14,21H,1H3/b23-20-. The van der Waals surface area contributed by atoms with Crippen LogP contribution in [0, 0.1) is 6.92 Å². The number of nitrogens with one attached hydrogen (secondary N) is 1. The van der Waals surface area contributed by atoms with Crippen molar-refractivity contribution >= 4 is 22.6 Å². The first-order valence-corrected chi connectivity index (χ1v) is 8.08. The molecule has 5 nitrogen and oxygen atoms in total. The van der Waals surface area contributed by atoms with Gasteiger partial charge in [0, 0.05) is 5.56 Å². The predicted octanol–water partition coefficient (Wildman–Crippen LogP) is 4.06. The van der Waals surface area contributed by atoms with Gasteiger partial charge >= 0.3 is 0 Å². The van der Waals surface area contributed by atoms with E-state index < -0.39 is 0 Å². The molecule has 0 unspecified atom stereocenters. The number of anilines is 1. The van der Waals surface area contributed by atoms with E-state index in [-0.39, 0.29) is 0 Å². The highest BCUT2D eigenvalue weighted by Crippen LogP contribution is 2.14. The van der Waals surface area contributed by atoms with E-state index in [1.807, 2.05) is 66.7 Å². The molecule has 5 heteroatoms. The van der Waals surface area contributed by atoms with Crippen LogP contribution in [-0.2, 0) is 0 Å². The van der Waals surface area contributed by atoms with Crippen LogP contribution in [-0.4, -0.2) is 20.8 Å². The molecule has 0 atom stereocenters. The van der Waals surface area contributed by atoms with Gasteiger partial charge in [0.2, 0.25) is 0 Å². The van der Waals surface area contributed by atoms with Crippen LogP contribution in [0.1, 0.15) is 11.1 Å². The number of para-hydroxylation sites is 2. The summed E-state index contributed by atoms with van der Waals surface area (Å²) in [5.41, 5.74) is 7.93. The first kappa shape index (κ1) is 15.1. The number of benzene rings is 3. The van der Waals surface area contributed by atoms with Crippen molar-refractivity contribution in [1.82, 2.24) is 15.0 Å². The van der Waals surface area contributed by atoms with Crippen LogP contribution >= 0.6 is 0 Å². The Balaban J connectivity index is 1.82. The van der Waals surface area contributed by atoms with Gasteiger partial charge in [0.25, 0.3) is 0 Å². The van der Waals surface area contributed by atoms with Crippen molar-refractivity contribution in [2.24, 2.45) is 5.10 Å². The van der Waals surface area contributed by atoms with E-state index in [4.69, 9.17) is 0 Å². The van der Waals surface area contributed by atoms with Gasteiger partial charge in [0.1, 0.15) is 5.52 Å². The summed E-state index contributed by atoms with van der Waals surface area (Å²) < 4.78 is 1.76. The Labute approximate surface area is 145 Å². The lowest BCUT2D eigenvalue weighted by atomic mass is 10.1. The normalized spacial score (nSPS) is 11.6. The second-order valence-corrected chi connectivity index (χ2v) is 5.77. The molecule has 122 valence electrons. The molecule has 0 amide bonds. The molecule has 0 fully saturated rings. The number of hydrazone groups is 1. The summed E-state index contributed by atoms with van der Waals surface area (Å²) >= 11 is 0. The van der Waals surface area contributed by atoms with Gasteiger partial charge < -0.3 is 0 Å². The Bertz CT molecular complexity index is 1020. The zero-order valence-corrected chi connectivity index (χ0v) is 13.8. The fraction of sp³-hybridized carbons (Fsp3) is 0.0500. The highest BCUT2D eigenvalue weighted by Gasteiger charge is 2.12. The quantitative estimate of drug-likeness (QED) is 0.351. The zero-order chi connectivity index (χ0) is 17.1. The second-order valence-electron chi connectivity index (χ2n) is 5.77. The molecular formula is C20H17N5. The third-order valence-electron chi connectivity index (χ3n) is 3.93. The third-order valence-corrected chi connectivity index (χ3v) is 3.93. The van der Waals surface area contributed by atoms with Crippen molar-refractivity contribution < 1.29 is 0 Å². The highest BCUT2D eigenvalue weighted by molar-refractivity contribution is 6.04. The van der Waals surface area contributed by atoms with Gasteiger partial charge in [-0.1, -0.05) is 65.4 Å². The van der Waals surface area contributed by atoms with E-state index in [9.17, 15) is 0 Å². The molecule has 4 rings (SSSR count). The van der Waals surface area contributed by atoms with E-state index in [1.165, 1.54) is 5.56 Å². The smallest absolute Gasteiger partial charge is 0.182 e. The van der Waals surface area contributed by atoms with Crippen LogP contribution < -0.4 is 5.43 Å². The first-order valence-electron chi connectivity index (χ1n) is 8.08. The Morgan fingerprint density at radius 2 is 1.60 bits per heavy atom. The van der Waals surface area contributed by atoms with Crippen LogP contribution in [0.4, 0.5) is 5.69 Å². The van der Waals surface area contributed by atoms with Crippen molar-refractivity contribution in [2.75, 3.05) is 5.43 Å². The molecule has 1 aromatic heterocycles. The van der Waals surface area contributed by atoms with Crippen molar-refractivity contribution in [3.63, 3.8) is 0 Å². The summed E-state index contributed by atoms with van der Waals surface area (Å²) in [6, 6.07) is 25.9. The number of aromatic nitrogens is 3. The van der Waals surface area contributed by atoms with Gasteiger partial charge in [-0.3, -0.25) is 5.43 Å². The Kier molecular flexibility index (Phi) is 3.96. The Hall–Kier alpha value is -3.47. The molecule has 0 saturated heterocycles. The van der Waals surface area contributed by atoms with Gasteiger partial charge in [0.15, 0.2) is 5.84 Å². The number of rotatable bonds is 3. The van der Waals surface area contributed by atoms with E-state index in [2.05, 4.69) is 39.9 Å². The average Bonchev–Trinajstić information content (AvgIpc) is 3.08. The minimum Gasteiger partial charge on any atom is -0.276 e. The molecule has 1 N–H and O–H groups in total. The molecule has 0 saturated carbocycles. The van der Waals surface area contributed by atoms with Crippen LogP contribution in [0.25, 0.3) is 11.0 Å². The molecule has 0 aliphatic carbocycles. The topological polar surface area (TPSA) is 55.1 Å². The summed E-state index contributed by atoms with van der Waals surface area (Å²) in [5.74, 6) is 0.692.